The van der Waals surface area contributed by atoms with E-state index in [0.29, 0.717) is 37.7 Å². The highest BCUT2D eigenvalue weighted by atomic mass is 35.5. The fourth-order valence-electron chi connectivity index (χ4n) is 5.31. The molecule has 43 heavy (non-hydrogen) atoms. The first-order valence-corrected chi connectivity index (χ1v) is 14.8. The van der Waals surface area contributed by atoms with E-state index in [1.54, 1.807) is 43.3 Å². The van der Waals surface area contributed by atoms with E-state index in [1.807, 2.05) is 47.2 Å². The summed E-state index contributed by atoms with van der Waals surface area (Å²) in [6.07, 6.45) is 3.76. The molecule has 0 spiro atoms. The maximum Gasteiger partial charge on any atom is 0.338 e. The number of allylic oxidation sites excluding steroid dienone is 1. The Morgan fingerprint density at radius 1 is 1.07 bits per heavy atom. The van der Waals surface area contributed by atoms with Crippen molar-refractivity contribution < 1.29 is 18.7 Å². The third-order valence-electron chi connectivity index (χ3n) is 7.35. The summed E-state index contributed by atoms with van der Waals surface area (Å²) in [6, 6.07) is 20.8. The van der Waals surface area contributed by atoms with E-state index in [-0.39, 0.29) is 30.2 Å². The van der Waals surface area contributed by atoms with Gasteiger partial charge in [0.05, 0.1) is 35.0 Å². The van der Waals surface area contributed by atoms with Gasteiger partial charge < -0.3 is 14.0 Å². The van der Waals surface area contributed by atoms with Crippen LogP contribution in [-0.2, 0) is 20.8 Å². The lowest BCUT2D eigenvalue weighted by Crippen LogP contribution is -2.40. The molecule has 1 aliphatic heterocycles. The van der Waals surface area contributed by atoms with Crippen molar-refractivity contribution in [2.75, 3.05) is 20.3 Å². The maximum atomic E-state index is 14.5. The second-order valence-corrected chi connectivity index (χ2v) is 11.5. The van der Waals surface area contributed by atoms with Crippen LogP contribution in [-0.4, -0.2) is 35.4 Å². The number of aromatic nitrogens is 2. The zero-order valence-electron chi connectivity index (χ0n) is 23.4. The van der Waals surface area contributed by atoms with Crippen LogP contribution in [0, 0.1) is 5.82 Å². The Bertz CT molecular complexity index is 2060. The van der Waals surface area contributed by atoms with Crippen molar-refractivity contribution in [3.05, 3.63) is 137 Å². The van der Waals surface area contributed by atoms with Crippen molar-refractivity contribution in [2.24, 2.45) is 4.99 Å². The van der Waals surface area contributed by atoms with Gasteiger partial charge in [-0.2, -0.15) is 0 Å². The lowest BCUT2D eigenvalue weighted by atomic mass is 9.96. The fourth-order valence-corrected chi connectivity index (χ4v) is 6.47. The van der Waals surface area contributed by atoms with Gasteiger partial charge in [0.1, 0.15) is 12.4 Å². The molecule has 218 valence electrons. The van der Waals surface area contributed by atoms with Crippen LogP contribution >= 0.6 is 22.9 Å². The van der Waals surface area contributed by atoms with E-state index in [9.17, 15) is 14.0 Å². The van der Waals surface area contributed by atoms with Crippen LogP contribution in [0.4, 0.5) is 4.39 Å². The van der Waals surface area contributed by atoms with Crippen LogP contribution in [0.15, 0.2) is 100 Å². The molecule has 0 saturated carbocycles. The van der Waals surface area contributed by atoms with E-state index >= 15 is 0 Å². The van der Waals surface area contributed by atoms with Crippen molar-refractivity contribution in [1.29, 1.82) is 0 Å². The number of hydrogen-bond donors (Lipinski definition) is 0. The van der Waals surface area contributed by atoms with E-state index < -0.39 is 12.0 Å². The van der Waals surface area contributed by atoms with E-state index in [4.69, 9.17) is 21.1 Å². The third kappa shape index (κ3) is 5.59. The molecule has 1 unspecified atom stereocenters. The van der Waals surface area contributed by atoms with Gasteiger partial charge in [-0.05, 0) is 42.8 Å². The Labute approximate surface area is 255 Å². The van der Waals surface area contributed by atoms with Crippen LogP contribution in [0.1, 0.15) is 29.7 Å². The minimum atomic E-state index is -0.756. The number of carbonyl (C=O) groups is 1. The summed E-state index contributed by atoms with van der Waals surface area (Å²) in [5.74, 6) is -0.840. The van der Waals surface area contributed by atoms with Crippen molar-refractivity contribution in [3.63, 3.8) is 0 Å². The summed E-state index contributed by atoms with van der Waals surface area (Å²) in [6.45, 7) is 2.39. The molecule has 3 aromatic carbocycles. The molecule has 0 fully saturated rings. The van der Waals surface area contributed by atoms with Gasteiger partial charge in [0.2, 0.25) is 0 Å². The van der Waals surface area contributed by atoms with Gasteiger partial charge in [0, 0.05) is 40.4 Å². The first kappa shape index (κ1) is 28.8. The van der Waals surface area contributed by atoms with Crippen molar-refractivity contribution in [1.82, 2.24) is 9.13 Å². The number of carbonyl (C=O) groups excluding carboxylic acids is 1. The summed E-state index contributed by atoms with van der Waals surface area (Å²) in [5.41, 5.74) is 3.46. The first-order chi connectivity index (χ1) is 20.9. The van der Waals surface area contributed by atoms with Crippen LogP contribution in [0.5, 0.6) is 0 Å². The molecular formula is C33H27ClFN3O4S. The molecule has 7 nitrogen and oxygen atoms in total. The second-order valence-electron chi connectivity index (χ2n) is 10.1. The van der Waals surface area contributed by atoms with Crippen molar-refractivity contribution >= 4 is 45.9 Å². The molecule has 0 bridgehead atoms. The van der Waals surface area contributed by atoms with Crippen molar-refractivity contribution in [2.45, 2.75) is 19.5 Å². The van der Waals surface area contributed by atoms with E-state index in [1.165, 1.54) is 29.1 Å². The topological polar surface area (TPSA) is 74.8 Å². The largest absolute Gasteiger partial charge is 0.460 e. The zero-order valence-corrected chi connectivity index (χ0v) is 25.0. The number of rotatable bonds is 8. The molecule has 0 radical (unpaired) electrons. The number of para-hydroxylation sites is 1. The van der Waals surface area contributed by atoms with Crippen LogP contribution in [0.25, 0.3) is 17.0 Å². The standard InChI is InChI=1S/C33H27ClFN3O4S/c1-20-29(32(40)42-16-15-41-2)30(21-11-13-24(34)14-12-21)38-31(39)28(43-33(38)36-20)17-23-19-37(27-10-6-4-8-25(23)27)18-22-7-3-5-9-26(22)35/h3-14,17,19,30H,15-16,18H2,1-2H3. The molecule has 0 aliphatic carbocycles. The van der Waals surface area contributed by atoms with Crippen LogP contribution in [0.3, 0.4) is 0 Å². The molecule has 1 atom stereocenters. The molecule has 0 amide bonds. The van der Waals surface area contributed by atoms with Gasteiger partial charge in [-0.3, -0.25) is 9.36 Å². The average molecular weight is 616 g/mol. The average Bonchev–Trinajstić information content (AvgIpc) is 3.50. The Hall–Kier alpha value is -4.31. The highest BCUT2D eigenvalue weighted by molar-refractivity contribution is 7.07. The Morgan fingerprint density at radius 3 is 2.58 bits per heavy atom. The predicted molar refractivity (Wildman–Crippen MR) is 165 cm³/mol. The number of benzene rings is 3. The molecule has 0 N–H and O–H groups in total. The number of thiazole rings is 1. The highest BCUT2D eigenvalue weighted by Gasteiger charge is 2.33. The van der Waals surface area contributed by atoms with E-state index in [2.05, 4.69) is 4.99 Å². The summed E-state index contributed by atoms with van der Waals surface area (Å²) in [7, 11) is 1.53. The molecular weight excluding hydrogens is 589 g/mol. The summed E-state index contributed by atoms with van der Waals surface area (Å²) < 4.78 is 29.0. The molecule has 0 saturated heterocycles. The second kappa shape index (κ2) is 12.1. The predicted octanol–water partition coefficient (Wildman–Crippen LogP) is 5.22. The van der Waals surface area contributed by atoms with Gasteiger partial charge in [0.15, 0.2) is 4.80 Å². The zero-order chi connectivity index (χ0) is 30.1. The number of hydrogen-bond acceptors (Lipinski definition) is 6. The number of halogens is 2. The number of fused-ring (bicyclic) bond motifs is 2. The van der Waals surface area contributed by atoms with Gasteiger partial charge >= 0.3 is 5.97 Å². The highest BCUT2D eigenvalue weighted by Crippen LogP contribution is 2.31. The number of nitrogens with zero attached hydrogens (tertiary/aromatic N) is 3. The molecule has 5 aromatic rings. The molecule has 1 aliphatic rings. The smallest absolute Gasteiger partial charge is 0.338 e. The van der Waals surface area contributed by atoms with Gasteiger partial charge in [-0.1, -0.05) is 71.5 Å². The minimum absolute atomic E-state index is 0.0703. The third-order valence-corrected chi connectivity index (χ3v) is 8.59. The minimum Gasteiger partial charge on any atom is -0.460 e. The molecule has 3 heterocycles. The lowest BCUT2D eigenvalue weighted by Gasteiger charge is -2.24. The van der Waals surface area contributed by atoms with Gasteiger partial charge in [0.25, 0.3) is 5.56 Å². The van der Waals surface area contributed by atoms with E-state index in [0.717, 1.165) is 16.5 Å². The molecule has 6 rings (SSSR count). The monoisotopic (exact) mass is 615 g/mol. The molecule has 2 aromatic heterocycles. The lowest BCUT2D eigenvalue weighted by molar-refractivity contribution is -0.140. The molecule has 10 heteroatoms. The van der Waals surface area contributed by atoms with Gasteiger partial charge in [-0.25, -0.2) is 14.2 Å². The number of ether oxygens (including phenoxy) is 2. The maximum absolute atomic E-state index is 14.5. The number of methoxy groups -OCH3 is 1. The van der Waals surface area contributed by atoms with Crippen LogP contribution < -0.4 is 14.9 Å². The summed E-state index contributed by atoms with van der Waals surface area (Å²) in [4.78, 5) is 32.5. The van der Waals surface area contributed by atoms with Crippen LogP contribution in [0.2, 0.25) is 5.02 Å². The Balaban J connectivity index is 1.48. The normalized spacial score (nSPS) is 15.1. The Kier molecular flexibility index (Phi) is 8.12. The quantitative estimate of drug-likeness (QED) is 0.177. The number of esters is 1. The van der Waals surface area contributed by atoms with Crippen molar-refractivity contribution in [3.8, 4) is 0 Å². The fraction of sp³-hybridized carbons (Fsp3) is 0.182. The van der Waals surface area contributed by atoms with Gasteiger partial charge in [-0.15, -0.1) is 0 Å². The first-order valence-electron chi connectivity index (χ1n) is 13.6. The SMILES string of the molecule is COCCOC(=O)C1=C(C)N=c2sc(=Cc3cn(Cc4ccccc4F)c4ccccc34)c(=O)n2C1c1ccc(Cl)cc1. The Morgan fingerprint density at radius 2 is 1.81 bits per heavy atom. The summed E-state index contributed by atoms with van der Waals surface area (Å²) >= 11 is 7.42. The summed E-state index contributed by atoms with van der Waals surface area (Å²) in [5, 5.41) is 1.46.